The molecule has 128 valence electrons. The molecule has 0 radical (unpaired) electrons. The highest BCUT2D eigenvalue weighted by atomic mass is 31.2. The first-order valence-electron chi connectivity index (χ1n) is 6.83. The van der Waals surface area contributed by atoms with Gasteiger partial charge in [-0.15, -0.1) is 6.42 Å². The van der Waals surface area contributed by atoms with Gasteiger partial charge < -0.3 is 28.3 Å². The van der Waals surface area contributed by atoms with E-state index in [1.165, 1.54) is 0 Å². The van der Waals surface area contributed by atoms with Gasteiger partial charge in [-0.3, -0.25) is 9.36 Å². The van der Waals surface area contributed by atoms with Crippen LogP contribution in [0.4, 0.5) is 0 Å². The summed E-state index contributed by atoms with van der Waals surface area (Å²) in [5.74, 6) is 1.87. The molecule has 0 fully saturated rings. The van der Waals surface area contributed by atoms with Crippen molar-refractivity contribution in [1.82, 2.24) is 0 Å². The van der Waals surface area contributed by atoms with Crippen LogP contribution in [0.1, 0.15) is 12.8 Å². The van der Waals surface area contributed by atoms with Gasteiger partial charge in [0.15, 0.2) is 6.61 Å². The number of carbonyl (C=O) groups excluding carboxylic acids is 1. The van der Waals surface area contributed by atoms with E-state index in [-0.39, 0.29) is 25.6 Å². The summed E-state index contributed by atoms with van der Waals surface area (Å²) in [5, 5.41) is 0. The lowest BCUT2D eigenvalue weighted by molar-refractivity contribution is -0.890. The van der Waals surface area contributed by atoms with E-state index in [1.54, 1.807) is 0 Å². The summed E-state index contributed by atoms with van der Waals surface area (Å²) < 4.78 is 25.3. The Morgan fingerprint density at radius 2 is 1.95 bits per heavy atom. The van der Waals surface area contributed by atoms with Gasteiger partial charge in [-0.05, 0) is 6.42 Å². The van der Waals surface area contributed by atoms with Gasteiger partial charge >= 0.3 is 5.97 Å². The summed E-state index contributed by atoms with van der Waals surface area (Å²) >= 11 is 0. The number of likely N-dealkylation sites (N-methyl/N-ethyl adjacent to an activating group) is 1. The predicted octanol–water partition coefficient (Wildman–Crippen LogP) is -0.487. The van der Waals surface area contributed by atoms with E-state index in [1.807, 2.05) is 14.1 Å². The van der Waals surface area contributed by atoms with Gasteiger partial charge in [0.2, 0.25) is 0 Å². The topological polar surface area (TPSA) is 105 Å². The molecule has 0 aliphatic rings. The van der Waals surface area contributed by atoms with Crippen molar-refractivity contribution in [3.05, 3.63) is 0 Å². The molecular weight excluding hydrogens is 313 g/mol. The SMILES string of the molecule is C#CCOC(=O)CCCOCC[N+](C)(C)CCOP(=O)([O-])O. The third kappa shape index (κ3) is 14.0. The lowest BCUT2D eigenvalue weighted by atomic mass is 10.3. The van der Waals surface area contributed by atoms with E-state index < -0.39 is 7.82 Å². The maximum Gasteiger partial charge on any atom is 0.306 e. The van der Waals surface area contributed by atoms with Crippen molar-refractivity contribution in [2.75, 3.05) is 53.6 Å². The second-order valence-corrected chi connectivity index (χ2v) is 6.46. The van der Waals surface area contributed by atoms with Crippen molar-refractivity contribution >= 4 is 13.8 Å². The molecule has 1 N–H and O–H groups in total. The minimum atomic E-state index is -4.66. The second kappa shape index (κ2) is 10.7. The average molecular weight is 337 g/mol. The number of esters is 1. The standard InChI is InChI=1S/C13H24NO7P/c1-4-9-20-13(15)6-5-10-19-11-7-14(2,3)8-12-21-22(16,17)18/h1H,5-12H2,2-3H3,(H-,16,17,18). The number of ether oxygens (including phenoxy) is 2. The van der Waals surface area contributed by atoms with Crippen LogP contribution in [0.2, 0.25) is 0 Å². The second-order valence-electron chi connectivity index (χ2n) is 5.27. The fourth-order valence-corrected chi connectivity index (χ4v) is 1.75. The number of phosphoric acid groups is 1. The fourth-order valence-electron chi connectivity index (χ4n) is 1.44. The highest BCUT2D eigenvalue weighted by molar-refractivity contribution is 7.44. The van der Waals surface area contributed by atoms with Crippen molar-refractivity contribution in [2.45, 2.75) is 12.8 Å². The molecule has 0 aromatic carbocycles. The molecule has 9 heteroatoms. The molecule has 0 aliphatic heterocycles. The van der Waals surface area contributed by atoms with Gasteiger partial charge in [0, 0.05) is 13.0 Å². The lowest BCUT2D eigenvalue weighted by Gasteiger charge is -2.30. The molecule has 0 aromatic rings. The zero-order valence-electron chi connectivity index (χ0n) is 13.0. The van der Waals surface area contributed by atoms with E-state index in [0.29, 0.717) is 37.2 Å². The molecular formula is C13H24NO7P. The normalized spacial score (nSPS) is 14.1. The van der Waals surface area contributed by atoms with Crippen molar-refractivity contribution < 1.29 is 37.6 Å². The van der Waals surface area contributed by atoms with Crippen molar-refractivity contribution in [3.63, 3.8) is 0 Å². The van der Waals surface area contributed by atoms with Crippen LogP contribution in [0.5, 0.6) is 0 Å². The molecule has 0 saturated heterocycles. The Morgan fingerprint density at radius 3 is 2.55 bits per heavy atom. The Morgan fingerprint density at radius 1 is 1.32 bits per heavy atom. The minimum Gasteiger partial charge on any atom is -0.756 e. The average Bonchev–Trinajstić information content (AvgIpc) is 2.38. The van der Waals surface area contributed by atoms with Crippen molar-refractivity contribution in [3.8, 4) is 12.3 Å². The van der Waals surface area contributed by atoms with Crippen LogP contribution < -0.4 is 4.89 Å². The summed E-state index contributed by atoms with van der Waals surface area (Å²) in [6.45, 7) is 1.82. The Hall–Kier alpha value is -0.940. The fraction of sp³-hybridized carbons (Fsp3) is 0.769. The number of hydrogen-bond acceptors (Lipinski definition) is 6. The number of carbonyl (C=O) groups is 1. The van der Waals surface area contributed by atoms with E-state index in [4.69, 9.17) is 20.8 Å². The van der Waals surface area contributed by atoms with Crippen LogP contribution in [-0.2, 0) is 23.4 Å². The van der Waals surface area contributed by atoms with E-state index in [9.17, 15) is 14.3 Å². The van der Waals surface area contributed by atoms with Gasteiger partial charge in [0.1, 0.15) is 19.7 Å². The molecule has 0 spiro atoms. The van der Waals surface area contributed by atoms with E-state index >= 15 is 0 Å². The molecule has 0 aliphatic carbocycles. The summed E-state index contributed by atoms with van der Waals surface area (Å²) in [4.78, 5) is 30.1. The summed E-state index contributed by atoms with van der Waals surface area (Å²) in [7, 11) is -0.886. The van der Waals surface area contributed by atoms with Crippen LogP contribution in [0.25, 0.3) is 0 Å². The minimum absolute atomic E-state index is 0.0163. The van der Waals surface area contributed by atoms with E-state index in [2.05, 4.69) is 10.4 Å². The summed E-state index contributed by atoms with van der Waals surface area (Å²) in [5.41, 5.74) is 0. The van der Waals surface area contributed by atoms with Crippen molar-refractivity contribution in [1.29, 1.82) is 0 Å². The van der Waals surface area contributed by atoms with Crippen LogP contribution in [-0.4, -0.2) is 69.0 Å². The first-order chi connectivity index (χ1) is 10.2. The van der Waals surface area contributed by atoms with Crippen LogP contribution >= 0.6 is 7.82 Å². The molecule has 8 nitrogen and oxygen atoms in total. The predicted molar refractivity (Wildman–Crippen MR) is 77.5 cm³/mol. The molecule has 1 unspecified atom stereocenters. The number of phosphoric ester groups is 1. The molecule has 22 heavy (non-hydrogen) atoms. The zero-order chi connectivity index (χ0) is 17.1. The number of terminal acetylenes is 1. The molecule has 0 bridgehead atoms. The van der Waals surface area contributed by atoms with Gasteiger partial charge in [-0.1, -0.05) is 5.92 Å². The number of hydrogen-bond donors (Lipinski definition) is 1. The summed E-state index contributed by atoms with van der Waals surface area (Å²) in [6.07, 6.45) is 5.76. The third-order valence-corrected chi connectivity index (χ3v) is 3.29. The first kappa shape index (κ1) is 21.1. The van der Waals surface area contributed by atoms with Crippen molar-refractivity contribution in [2.24, 2.45) is 0 Å². The maximum absolute atomic E-state index is 11.1. The monoisotopic (exact) mass is 337 g/mol. The molecule has 0 rings (SSSR count). The summed E-state index contributed by atoms with van der Waals surface area (Å²) in [6, 6.07) is 0. The van der Waals surface area contributed by atoms with Crippen LogP contribution in [0, 0.1) is 12.3 Å². The first-order valence-corrected chi connectivity index (χ1v) is 8.33. The van der Waals surface area contributed by atoms with Gasteiger partial charge in [0.05, 0.1) is 20.7 Å². The van der Waals surface area contributed by atoms with Gasteiger partial charge in [0.25, 0.3) is 7.82 Å². The molecule has 0 heterocycles. The largest absolute Gasteiger partial charge is 0.756 e. The molecule has 0 saturated carbocycles. The maximum atomic E-state index is 11.1. The van der Waals surface area contributed by atoms with Gasteiger partial charge in [-0.25, -0.2) is 0 Å². The van der Waals surface area contributed by atoms with E-state index in [0.717, 1.165) is 0 Å². The number of rotatable bonds is 12. The Labute approximate surface area is 131 Å². The van der Waals surface area contributed by atoms with Crippen LogP contribution in [0.3, 0.4) is 0 Å². The number of quaternary nitrogens is 1. The molecule has 0 amide bonds. The smallest absolute Gasteiger partial charge is 0.306 e. The zero-order valence-corrected chi connectivity index (χ0v) is 13.9. The Kier molecular flexibility index (Phi) is 10.3. The third-order valence-electron chi connectivity index (χ3n) is 2.78. The Balaban J connectivity index is 3.62. The van der Waals surface area contributed by atoms with Crippen LogP contribution in [0.15, 0.2) is 0 Å². The van der Waals surface area contributed by atoms with Gasteiger partial charge in [-0.2, -0.15) is 0 Å². The number of nitrogens with zero attached hydrogens (tertiary/aromatic N) is 1. The highest BCUT2D eigenvalue weighted by Gasteiger charge is 2.16. The lowest BCUT2D eigenvalue weighted by Crippen LogP contribution is -2.44. The molecule has 1 atom stereocenters. The Bertz CT molecular complexity index is 413. The highest BCUT2D eigenvalue weighted by Crippen LogP contribution is 2.29. The quantitative estimate of drug-likeness (QED) is 0.168. The molecule has 0 aromatic heterocycles.